The highest BCUT2D eigenvalue weighted by Crippen LogP contribution is 2.16. The van der Waals surface area contributed by atoms with Gasteiger partial charge in [0.2, 0.25) is 10.0 Å². The van der Waals surface area contributed by atoms with E-state index in [9.17, 15) is 12.8 Å². The lowest BCUT2D eigenvalue weighted by molar-refractivity contribution is 0.553. The van der Waals surface area contributed by atoms with Crippen LogP contribution in [0.2, 0.25) is 0 Å². The highest BCUT2D eigenvalue weighted by molar-refractivity contribution is 7.89. The van der Waals surface area contributed by atoms with Crippen LogP contribution in [-0.4, -0.2) is 18.2 Å². The maximum atomic E-state index is 13.7. The Hall–Kier alpha value is -1.77. The number of aryl methyl sites for hydroxylation is 1. The van der Waals surface area contributed by atoms with Gasteiger partial charge < -0.3 is 5.73 Å². The number of hydrogen-bond donors (Lipinski definition) is 2. The second-order valence-electron chi connectivity index (χ2n) is 4.24. The van der Waals surface area contributed by atoms with Crippen LogP contribution in [0.4, 0.5) is 4.39 Å². The average Bonchev–Trinajstić information content (AvgIpc) is 2.82. The number of hydrogen-bond acceptors (Lipinski definition) is 4. The molecule has 6 nitrogen and oxygen atoms in total. The molecule has 1 heterocycles. The summed E-state index contributed by atoms with van der Waals surface area (Å²) in [6.45, 7) is 0.176. The lowest BCUT2D eigenvalue weighted by atomic mass is 10.2. The number of nitrogens with one attached hydrogen (secondary N) is 1. The summed E-state index contributed by atoms with van der Waals surface area (Å²) < 4.78 is 41.8. The summed E-state index contributed by atoms with van der Waals surface area (Å²) in [4.78, 5) is -0.400. The van der Waals surface area contributed by atoms with Crippen LogP contribution in [0.25, 0.3) is 0 Å². The molecule has 0 amide bonds. The van der Waals surface area contributed by atoms with Gasteiger partial charge in [0, 0.05) is 19.8 Å². The van der Waals surface area contributed by atoms with Gasteiger partial charge in [0.15, 0.2) is 0 Å². The highest BCUT2D eigenvalue weighted by atomic mass is 32.2. The molecule has 0 unspecified atom stereocenters. The summed E-state index contributed by atoms with van der Waals surface area (Å²) in [5.41, 5.74) is 6.65. The summed E-state index contributed by atoms with van der Waals surface area (Å²) >= 11 is 0. The predicted octanol–water partition coefficient (Wildman–Crippen LogP) is 0.496. The molecule has 1 aromatic carbocycles. The van der Waals surface area contributed by atoms with Gasteiger partial charge in [-0.15, -0.1) is 0 Å². The molecule has 0 aliphatic heterocycles. The highest BCUT2D eigenvalue weighted by Gasteiger charge is 2.19. The number of nitrogens with zero attached hydrogens (tertiary/aromatic N) is 2. The molecule has 0 spiro atoms. The quantitative estimate of drug-likeness (QED) is 0.841. The zero-order valence-electron chi connectivity index (χ0n) is 10.9. The van der Waals surface area contributed by atoms with Gasteiger partial charge in [-0.2, -0.15) is 5.10 Å². The Balaban J connectivity index is 2.24. The Kier molecular flexibility index (Phi) is 4.17. The van der Waals surface area contributed by atoms with Crippen molar-refractivity contribution < 1.29 is 12.8 Å². The van der Waals surface area contributed by atoms with Crippen LogP contribution in [0, 0.1) is 5.82 Å². The second kappa shape index (κ2) is 5.70. The summed E-state index contributed by atoms with van der Waals surface area (Å²) in [7, 11) is -2.24. The standard InChI is InChI=1S/C12H15FN4O2S/c1-17-10(4-5-15-17)8-16-20(18,19)12-6-9(7-14)2-3-11(12)13/h2-6,16H,7-8,14H2,1H3. The first kappa shape index (κ1) is 14.6. The normalized spacial score (nSPS) is 11.8. The number of sulfonamides is 1. The van der Waals surface area contributed by atoms with Crippen LogP contribution in [0.15, 0.2) is 35.4 Å². The number of nitrogens with two attached hydrogens (primary N) is 1. The van der Waals surface area contributed by atoms with Crippen molar-refractivity contribution in [2.24, 2.45) is 12.8 Å². The zero-order valence-corrected chi connectivity index (χ0v) is 11.7. The SMILES string of the molecule is Cn1nccc1CNS(=O)(=O)c1cc(CN)ccc1F. The van der Waals surface area contributed by atoms with E-state index >= 15 is 0 Å². The molecule has 1 aromatic heterocycles. The minimum atomic E-state index is -3.94. The molecule has 0 bridgehead atoms. The van der Waals surface area contributed by atoms with Crippen molar-refractivity contribution in [1.82, 2.24) is 14.5 Å². The van der Waals surface area contributed by atoms with Crippen LogP contribution < -0.4 is 10.5 Å². The fourth-order valence-corrected chi connectivity index (χ4v) is 2.83. The Morgan fingerprint density at radius 1 is 1.40 bits per heavy atom. The Labute approximate surface area is 116 Å². The van der Waals surface area contributed by atoms with Gasteiger partial charge in [-0.3, -0.25) is 4.68 Å². The summed E-state index contributed by atoms with van der Waals surface area (Å²) in [6.07, 6.45) is 1.55. The monoisotopic (exact) mass is 298 g/mol. The van der Waals surface area contributed by atoms with Crippen LogP contribution in [0.1, 0.15) is 11.3 Å². The molecule has 0 saturated heterocycles. The van der Waals surface area contributed by atoms with Crippen molar-refractivity contribution in [1.29, 1.82) is 0 Å². The van der Waals surface area contributed by atoms with E-state index in [-0.39, 0.29) is 13.1 Å². The predicted molar refractivity (Wildman–Crippen MR) is 71.5 cm³/mol. The van der Waals surface area contributed by atoms with Crippen molar-refractivity contribution in [2.45, 2.75) is 18.0 Å². The summed E-state index contributed by atoms with van der Waals surface area (Å²) in [5, 5.41) is 3.93. The molecule has 0 aliphatic carbocycles. The fraction of sp³-hybridized carbons (Fsp3) is 0.250. The lowest BCUT2D eigenvalue weighted by Crippen LogP contribution is -2.25. The number of halogens is 1. The molecule has 0 fully saturated rings. The largest absolute Gasteiger partial charge is 0.326 e. The van der Waals surface area contributed by atoms with Crippen LogP contribution in [-0.2, 0) is 30.2 Å². The topological polar surface area (TPSA) is 90.0 Å². The molecule has 0 aliphatic rings. The van der Waals surface area contributed by atoms with E-state index in [0.717, 1.165) is 6.07 Å². The van der Waals surface area contributed by atoms with Gasteiger partial charge >= 0.3 is 0 Å². The molecule has 0 radical (unpaired) electrons. The number of aromatic nitrogens is 2. The third-order valence-corrected chi connectivity index (χ3v) is 4.30. The number of rotatable bonds is 5. The van der Waals surface area contributed by atoms with Crippen molar-refractivity contribution in [3.8, 4) is 0 Å². The van der Waals surface area contributed by atoms with Gasteiger partial charge in [0.05, 0.1) is 12.2 Å². The van der Waals surface area contributed by atoms with Gasteiger partial charge in [-0.05, 0) is 23.8 Å². The van der Waals surface area contributed by atoms with Gasteiger partial charge in [-0.25, -0.2) is 17.5 Å². The average molecular weight is 298 g/mol. The Morgan fingerprint density at radius 2 is 2.15 bits per heavy atom. The number of benzene rings is 1. The smallest absolute Gasteiger partial charge is 0.243 e. The molecule has 3 N–H and O–H groups in total. The summed E-state index contributed by atoms with van der Waals surface area (Å²) in [5.74, 6) is -0.806. The van der Waals surface area contributed by atoms with E-state index in [1.165, 1.54) is 16.8 Å². The van der Waals surface area contributed by atoms with Crippen LogP contribution in [0.3, 0.4) is 0 Å². The maximum absolute atomic E-state index is 13.7. The second-order valence-corrected chi connectivity index (χ2v) is 5.97. The molecule has 2 rings (SSSR count). The van der Waals surface area contributed by atoms with E-state index in [0.29, 0.717) is 11.3 Å². The van der Waals surface area contributed by atoms with Crippen LogP contribution >= 0.6 is 0 Å². The van der Waals surface area contributed by atoms with E-state index < -0.39 is 20.7 Å². The summed E-state index contributed by atoms with van der Waals surface area (Å²) in [6, 6.07) is 5.46. The minimum absolute atomic E-state index is 0.0329. The van der Waals surface area contributed by atoms with Crippen LogP contribution in [0.5, 0.6) is 0 Å². The molecule has 8 heteroatoms. The molecular weight excluding hydrogens is 283 g/mol. The molecule has 0 atom stereocenters. The van der Waals surface area contributed by atoms with Crippen molar-refractivity contribution in [3.05, 3.63) is 47.5 Å². The van der Waals surface area contributed by atoms with E-state index in [1.807, 2.05) is 0 Å². The molecule has 108 valence electrons. The van der Waals surface area contributed by atoms with E-state index in [2.05, 4.69) is 9.82 Å². The van der Waals surface area contributed by atoms with Gasteiger partial charge in [0.25, 0.3) is 0 Å². The molecule has 0 saturated carbocycles. The first-order valence-corrected chi connectivity index (χ1v) is 7.37. The molecular formula is C12H15FN4O2S. The van der Waals surface area contributed by atoms with E-state index in [1.54, 1.807) is 19.3 Å². The minimum Gasteiger partial charge on any atom is -0.326 e. The maximum Gasteiger partial charge on any atom is 0.243 e. The third kappa shape index (κ3) is 3.03. The lowest BCUT2D eigenvalue weighted by Gasteiger charge is -2.09. The van der Waals surface area contributed by atoms with Gasteiger partial charge in [0.1, 0.15) is 10.7 Å². The third-order valence-electron chi connectivity index (χ3n) is 2.89. The molecule has 2 aromatic rings. The van der Waals surface area contributed by atoms with Gasteiger partial charge in [-0.1, -0.05) is 6.07 Å². The van der Waals surface area contributed by atoms with Crippen molar-refractivity contribution in [2.75, 3.05) is 0 Å². The Bertz CT molecular complexity index is 712. The first-order valence-electron chi connectivity index (χ1n) is 5.89. The van der Waals surface area contributed by atoms with Crippen molar-refractivity contribution in [3.63, 3.8) is 0 Å². The fourth-order valence-electron chi connectivity index (χ4n) is 1.70. The first-order chi connectivity index (χ1) is 9.44. The van der Waals surface area contributed by atoms with Crippen molar-refractivity contribution >= 4 is 10.0 Å². The van der Waals surface area contributed by atoms with E-state index in [4.69, 9.17) is 5.73 Å². The zero-order chi connectivity index (χ0) is 14.8. The molecule has 20 heavy (non-hydrogen) atoms. The Morgan fingerprint density at radius 3 is 2.75 bits per heavy atom.